The molecule has 102 valence electrons. The summed E-state index contributed by atoms with van der Waals surface area (Å²) in [6, 6.07) is 6.96. The van der Waals surface area contributed by atoms with Gasteiger partial charge in [0.1, 0.15) is 11.6 Å². The molecule has 1 aromatic heterocycles. The molecule has 0 saturated carbocycles. The molecule has 1 heterocycles. The van der Waals surface area contributed by atoms with Crippen molar-refractivity contribution in [1.82, 2.24) is 15.3 Å². The number of H-pyrrole nitrogens is 1. The van der Waals surface area contributed by atoms with Crippen molar-refractivity contribution in [1.29, 1.82) is 0 Å². The van der Waals surface area contributed by atoms with Crippen LogP contribution in [0.1, 0.15) is 26.1 Å². The minimum Gasteiger partial charge on any atom is -0.342 e. The Hall–Kier alpha value is -1.68. The van der Waals surface area contributed by atoms with Gasteiger partial charge in [-0.1, -0.05) is 13.8 Å². The van der Waals surface area contributed by atoms with Crippen molar-refractivity contribution >= 4 is 0 Å². The van der Waals surface area contributed by atoms with E-state index >= 15 is 0 Å². The van der Waals surface area contributed by atoms with Crippen LogP contribution in [0.2, 0.25) is 0 Å². The second-order valence-electron chi connectivity index (χ2n) is 4.96. The average Bonchev–Trinajstić information content (AvgIpc) is 2.84. The van der Waals surface area contributed by atoms with Crippen molar-refractivity contribution in [3.63, 3.8) is 0 Å². The molecule has 0 fully saturated rings. The van der Waals surface area contributed by atoms with E-state index in [0.29, 0.717) is 6.04 Å². The summed E-state index contributed by atoms with van der Waals surface area (Å²) in [7, 11) is 0. The van der Waals surface area contributed by atoms with Gasteiger partial charge in [0.25, 0.3) is 0 Å². The van der Waals surface area contributed by atoms with E-state index in [9.17, 15) is 4.39 Å². The number of imidazole rings is 1. The predicted octanol–water partition coefficient (Wildman–Crippen LogP) is 3.15. The van der Waals surface area contributed by atoms with E-state index in [2.05, 4.69) is 29.1 Å². The fourth-order valence-corrected chi connectivity index (χ4v) is 1.91. The number of hydrogen-bond donors (Lipinski definition) is 2. The number of benzene rings is 1. The van der Waals surface area contributed by atoms with E-state index in [0.717, 1.165) is 36.5 Å². The molecule has 2 N–H and O–H groups in total. The summed E-state index contributed by atoms with van der Waals surface area (Å²) in [5, 5.41) is 3.38. The molecule has 0 bridgehead atoms. The first kappa shape index (κ1) is 13.7. The number of aryl methyl sites for hydroxylation is 1. The quantitative estimate of drug-likeness (QED) is 0.784. The third-order valence-corrected chi connectivity index (χ3v) is 2.93. The summed E-state index contributed by atoms with van der Waals surface area (Å²) in [4.78, 5) is 7.63. The Kier molecular flexibility index (Phi) is 4.68. The number of halogens is 1. The van der Waals surface area contributed by atoms with Crippen molar-refractivity contribution in [3.8, 4) is 11.3 Å². The van der Waals surface area contributed by atoms with Crippen molar-refractivity contribution in [2.45, 2.75) is 32.7 Å². The number of nitrogens with zero attached hydrogens (tertiary/aromatic N) is 1. The van der Waals surface area contributed by atoms with Gasteiger partial charge in [-0.15, -0.1) is 0 Å². The summed E-state index contributed by atoms with van der Waals surface area (Å²) < 4.78 is 12.8. The molecule has 0 spiro atoms. The second kappa shape index (κ2) is 6.48. The molecular weight excluding hydrogens is 241 g/mol. The molecule has 3 nitrogen and oxygen atoms in total. The lowest BCUT2D eigenvalue weighted by Gasteiger charge is -2.06. The lowest BCUT2D eigenvalue weighted by atomic mass is 10.2. The van der Waals surface area contributed by atoms with Gasteiger partial charge in [0.2, 0.25) is 0 Å². The summed E-state index contributed by atoms with van der Waals surface area (Å²) in [6.45, 7) is 5.27. The molecule has 0 saturated heterocycles. The van der Waals surface area contributed by atoms with Crippen LogP contribution in [0, 0.1) is 5.82 Å². The van der Waals surface area contributed by atoms with Gasteiger partial charge >= 0.3 is 0 Å². The van der Waals surface area contributed by atoms with Gasteiger partial charge in [0, 0.05) is 12.5 Å². The monoisotopic (exact) mass is 261 g/mol. The van der Waals surface area contributed by atoms with Crippen LogP contribution in [0.15, 0.2) is 30.5 Å². The summed E-state index contributed by atoms with van der Waals surface area (Å²) in [5.41, 5.74) is 1.90. The van der Waals surface area contributed by atoms with Crippen molar-refractivity contribution in [3.05, 3.63) is 42.1 Å². The molecule has 0 radical (unpaired) electrons. The molecule has 2 rings (SSSR count). The van der Waals surface area contributed by atoms with Crippen molar-refractivity contribution in [2.24, 2.45) is 0 Å². The molecule has 19 heavy (non-hydrogen) atoms. The molecule has 1 aromatic carbocycles. The van der Waals surface area contributed by atoms with Gasteiger partial charge in [-0.25, -0.2) is 9.37 Å². The Morgan fingerprint density at radius 2 is 2.00 bits per heavy atom. The van der Waals surface area contributed by atoms with Gasteiger partial charge in [0.15, 0.2) is 0 Å². The Morgan fingerprint density at radius 1 is 1.26 bits per heavy atom. The first-order valence-corrected chi connectivity index (χ1v) is 6.68. The Bertz CT molecular complexity index is 502. The fraction of sp³-hybridized carbons (Fsp3) is 0.400. The van der Waals surface area contributed by atoms with Crippen LogP contribution in [0.25, 0.3) is 11.3 Å². The molecule has 4 heteroatoms. The number of hydrogen-bond acceptors (Lipinski definition) is 2. The molecule has 0 amide bonds. The Balaban J connectivity index is 1.90. The Morgan fingerprint density at radius 3 is 2.68 bits per heavy atom. The van der Waals surface area contributed by atoms with Crippen LogP contribution in [0.4, 0.5) is 4.39 Å². The highest BCUT2D eigenvalue weighted by atomic mass is 19.1. The van der Waals surface area contributed by atoms with E-state index in [1.54, 1.807) is 18.3 Å². The SMILES string of the molecule is CC(C)NCCCc1ncc(-c2ccc(F)cc2)[nH]1. The van der Waals surface area contributed by atoms with Crippen LogP contribution in [0.5, 0.6) is 0 Å². The van der Waals surface area contributed by atoms with Crippen molar-refractivity contribution < 1.29 is 4.39 Å². The van der Waals surface area contributed by atoms with Crippen LogP contribution < -0.4 is 5.32 Å². The highest BCUT2D eigenvalue weighted by Crippen LogP contribution is 2.17. The third kappa shape index (κ3) is 4.17. The van der Waals surface area contributed by atoms with E-state index in [1.807, 2.05) is 0 Å². The zero-order chi connectivity index (χ0) is 13.7. The van der Waals surface area contributed by atoms with Crippen LogP contribution in [-0.4, -0.2) is 22.6 Å². The maximum Gasteiger partial charge on any atom is 0.123 e. The number of aromatic nitrogens is 2. The highest BCUT2D eigenvalue weighted by Gasteiger charge is 2.03. The predicted molar refractivity (Wildman–Crippen MR) is 75.4 cm³/mol. The first-order chi connectivity index (χ1) is 9.15. The zero-order valence-corrected chi connectivity index (χ0v) is 11.4. The Labute approximate surface area is 113 Å². The van der Waals surface area contributed by atoms with Gasteiger partial charge in [0.05, 0.1) is 11.9 Å². The van der Waals surface area contributed by atoms with Crippen molar-refractivity contribution in [2.75, 3.05) is 6.54 Å². The zero-order valence-electron chi connectivity index (χ0n) is 11.4. The lowest BCUT2D eigenvalue weighted by molar-refractivity contribution is 0.567. The lowest BCUT2D eigenvalue weighted by Crippen LogP contribution is -2.24. The van der Waals surface area contributed by atoms with Crippen LogP contribution in [0.3, 0.4) is 0 Å². The number of nitrogens with one attached hydrogen (secondary N) is 2. The average molecular weight is 261 g/mol. The van der Waals surface area contributed by atoms with E-state index in [-0.39, 0.29) is 5.82 Å². The van der Waals surface area contributed by atoms with Crippen LogP contribution in [-0.2, 0) is 6.42 Å². The first-order valence-electron chi connectivity index (χ1n) is 6.68. The molecule has 2 aromatic rings. The smallest absolute Gasteiger partial charge is 0.123 e. The van der Waals surface area contributed by atoms with Crippen LogP contribution >= 0.6 is 0 Å². The highest BCUT2D eigenvalue weighted by molar-refractivity contribution is 5.58. The number of rotatable bonds is 6. The minimum atomic E-state index is -0.219. The van der Waals surface area contributed by atoms with E-state index in [4.69, 9.17) is 0 Å². The van der Waals surface area contributed by atoms with Gasteiger partial charge in [-0.05, 0) is 42.8 Å². The molecule has 0 aliphatic carbocycles. The number of aromatic amines is 1. The summed E-state index contributed by atoms with van der Waals surface area (Å²) in [6.07, 6.45) is 3.77. The summed E-state index contributed by atoms with van der Waals surface area (Å²) in [5.74, 6) is 0.758. The van der Waals surface area contributed by atoms with Gasteiger partial charge in [-0.2, -0.15) is 0 Å². The largest absolute Gasteiger partial charge is 0.342 e. The topological polar surface area (TPSA) is 40.7 Å². The molecule has 0 atom stereocenters. The van der Waals surface area contributed by atoms with E-state index < -0.39 is 0 Å². The normalized spacial score (nSPS) is 11.2. The summed E-state index contributed by atoms with van der Waals surface area (Å²) >= 11 is 0. The minimum absolute atomic E-state index is 0.219. The van der Waals surface area contributed by atoms with Gasteiger partial charge < -0.3 is 10.3 Å². The molecular formula is C15H20FN3. The maximum atomic E-state index is 12.8. The standard InChI is InChI=1S/C15H20FN3/c1-11(2)17-9-3-4-15-18-10-14(19-15)12-5-7-13(16)8-6-12/h5-8,10-11,17H,3-4,9H2,1-2H3,(H,18,19). The third-order valence-electron chi connectivity index (χ3n) is 2.93. The second-order valence-corrected chi connectivity index (χ2v) is 4.96. The molecule has 0 aliphatic rings. The van der Waals surface area contributed by atoms with E-state index in [1.165, 1.54) is 12.1 Å². The fourth-order valence-electron chi connectivity index (χ4n) is 1.91. The molecule has 0 unspecified atom stereocenters. The maximum absolute atomic E-state index is 12.8. The van der Waals surface area contributed by atoms with Gasteiger partial charge in [-0.3, -0.25) is 0 Å². The molecule has 0 aliphatic heterocycles.